The third-order valence-electron chi connectivity index (χ3n) is 5.37. The summed E-state index contributed by atoms with van der Waals surface area (Å²) in [6.45, 7) is 3.81. The van der Waals surface area contributed by atoms with E-state index in [4.69, 9.17) is 0 Å². The van der Waals surface area contributed by atoms with Gasteiger partial charge in [-0.2, -0.15) is 15.0 Å². The van der Waals surface area contributed by atoms with E-state index in [-0.39, 0.29) is 11.9 Å². The maximum absolute atomic E-state index is 12.8. The van der Waals surface area contributed by atoms with E-state index in [1.807, 2.05) is 40.0 Å². The first kappa shape index (κ1) is 18.2. The first-order valence-electron chi connectivity index (χ1n) is 9.87. The van der Waals surface area contributed by atoms with Crippen LogP contribution in [-0.2, 0) is 6.54 Å². The summed E-state index contributed by atoms with van der Waals surface area (Å²) < 4.78 is 1.82. The molecule has 1 aliphatic heterocycles. The second-order valence-corrected chi connectivity index (χ2v) is 7.56. The van der Waals surface area contributed by atoms with Gasteiger partial charge in [-0.05, 0) is 30.2 Å². The fourth-order valence-electron chi connectivity index (χ4n) is 3.56. The lowest BCUT2D eigenvalue weighted by molar-refractivity contribution is 0.0498. The summed E-state index contributed by atoms with van der Waals surface area (Å²) in [5.74, 6) is 0.0442. The molecule has 0 N–H and O–H groups in total. The number of benzene rings is 2. The van der Waals surface area contributed by atoms with Crippen molar-refractivity contribution >= 4 is 5.91 Å². The zero-order valence-electron chi connectivity index (χ0n) is 16.6. The molecule has 0 aliphatic carbocycles. The number of carbonyl (C=O) groups is 1. The minimum Gasteiger partial charge on any atom is -0.334 e. The van der Waals surface area contributed by atoms with Crippen LogP contribution in [0.5, 0.6) is 0 Å². The second-order valence-electron chi connectivity index (χ2n) is 7.56. The number of aryl methyl sites for hydroxylation is 1. The molecule has 0 radical (unpaired) electrons. The van der Waals surface area contributed by atoms with Crippen LogP contribution in [-0.4, -0.2) is 53.9 Å². The molecule has 2 aromatic heterocycles. The largest absolute Gasteiger partial charge is 0.334 e. The summed E-state index contributed by atoms with van der Waals surface area (Å²) >= 11 is 0. The van der Waals surface area contributed by atoms with Gasteiger partial charge in [-0.25, -0.2) is 4.68 Å². The molecule has 2 aromatic carbocycles. The molecule has 1 fully saturated rings. The molecule has 30 heavy (non-hydrogen) atoms. The smallest absolute Gasteiger partial charge is 0.253 e. The van der Waals surface area contributed by atoms with E-state index < -0.39 is 0 Å². The molecule has 1 amide bonds. The zero-order valence-corrected chi connectivity index (χ0v) is 16.6. The highest BCUT2D eigenvalue weighted by molar-refractivity contribution is 5.95. The highest BCUT2D eigenvalue weighted by Gasteiger charge is 2.33. The molecular weight excluding hydrogens is 378 g/mol. The van der Waals surface area contributed by atoms with Crippen molar-refractivity contribution in [1.29, 1.82) is 0 Å². The molecule has 8 nitrogen and oxygen atoms in total. The Hall–Kier alpha value is -3.81. The van der Waals surface area contributed by atoms with Crippen LogP contribution in [0.3, 0.4) is 0 Å². The van der Waals surface area contributed by atoms with Crippen molar-refractivity contribution in [3.63, 3.8) is 0 Å². The SMILES string of the molecule is Cc1ccc(-c2ccc(C(=O)N3CC(n4cc(Cn5nccn5)nn4)C3)cc2)cc1. The summed E-state index contributed by atoms with van der Waals surface area (Å²) in [6.07, 6.45) is 5.16. The van der Waals surface area contributed by atoms with Crippen LogP contribution in [0, 0.1) is 6.92 Å². The fraction of sp³-hybridized carbons (Fsp3) is 0.227. The third-order valence-corrected chi connectivity index (χ3v) is 5.37. The molecule has 0 bridgehead atoms. The number of hydrogen-bond donors (Lipinski definition) is 0. The Morgan fingerprint density at radius 3 is 2.27 bits per heavy atom. The van der Waals surface area contributed by atoms with Gasteiger partial charge in [0, 0.05) is 18.7 Å². The summed E-state index contributed by atoms with van der Waals surface area (Å²) in [5, 5.41) is 16.5. The van der Waals surface area contributed by atoms with Gasteiger partial charge in [0.2, 0.25) is 0 Å². The number of amides is 1. The first-order valence-corrected chi connectivity index (χ1v) is 9.87. The van der Waals surface area contributed by atoms with E-state index in [1.165, 1.54) is 5.56 Å². The van der Waals surface area contributed by atoms with Crippen LogP contribution in [0.1, 0.15) is 27.7 Å². The molecule has 8 heteroatoms. The Bertz CT molecular complexity index is 1140. The van der Waals surface area contributed by atoms with Crippen LogP contribution in [0.25, 0.3) is 11.1 Å². The molecule has 5 rings (SSSR count). The predicted octanol–water partition coefficient (Wildman–Crippen LogP) is 2.59. The van der Waals surface area contributed by atoms with Crippen LogP contribution in [0.15, 0.2) is 67.1 Å². The van der Waals surface area contributed by atoms with Crippen molar-refractivity contribution in [1.82, 2.24) is 34.9 Å². The maximum atomic E-state index is 12.8. The summed E-state index contributed by atoms with van der Waals surface area (Å²) in [5.41, 5.74) is 4.98. The van der Waals surface area contributed by atoms with E-state index in [1.54, 1.807) is 17.2 Å². The molecule has 4 aromatic rings. The standard InChI is InChI=1S/C22H21N7O/c1-16-2-4-17(5-3-16)18-6-8-19(9-7-18)22(30)27-14-21(15-27)28-12-20(25-26-28)13-29-23-10-11-24-29/h2-12,21H,13-15H2,1H3. The van der Waals surface area contributed by atoms with E-state index in [9.17, 15) is 4.79 Å². The Balaban J connectivity index is 1.19. The lowest BCUT2D eigenvalue weighted by atomic mass is 10.0. The molecule has 0 atom stereocenters. The third kappa shape index (κ3) is 3.59. The zero-order chi connectivity index (χ0) is 20.5. The van der Waals surface area contributed by atoms with Crippen LogP contribution >= 0.6 is 0 Å². The predicted molar refractivity (Wildman–Crippen MR) is 111 cm³/mol. The van der Waals surface area contributed by atoms with Gasteiger partial charge in [0.05, 0.1) is 24.6 Å². The van der Waals surface area contributed by atoms with Gasteiger partial charge in [-0.3, -0.25) is 4.79 Å². The molecular formula is C22H21N7O. The van der Waals surface area contributed by atoms with Gasteiger partial charge < -0.3 is 4.90 Å². The molecule has 3 heterocycles. The Morgan fingerprint density at radius 1 is 0.967 bits per heavy atom. The van der Waals surface area contributed by atoms with Gasteiger partial charge in [-0.15, -0.1) is 5.10 Å². The highest BCUT2D eigenvalue weighted by atomic mass is 16.2. The van der Waals surface area contributed by atoms with E-state index in [0.717, 1.165) is 16.8 Å². The van der Waals surface area contributed by atoms with Crippen molar-refractivity contribution in [2.24, 2.45) is 0 Å². The average molecular weight is 399 g/mol. The van der Waals surface area contributed by atoms with Crippen LogP contribution in [0.2, 0.25) is 0 Å². The molecule has 1 aliphatic rings. The van der Waals surface area contributed by atoms with Gasteiger partial charge >= 0.3 is 0 Å². The van der Waals surface area contributed by atoms with Crippen molar-refractivity contribution in [3.05, 3.63) is 83.9 Å². The minimum absolute atomic E-state index is 0.0442. The summed E-state index contributed by atoms with van der Waals surface area (Å²) in [4.78, 5) is 16.2. The monoisotopic (exact) mass is 399 g/mol. The lowest BCUT2D eigenvalue weighted by Crippen LogP contribution is -2.50. The average Bonchev–Trinajstić information content (AvgIpc) is 3.40. The maximum Gasteiger partial charge on any atom is 0.253 e. The van der Waals surface area contributed by atoms with E-state index in [0.29, 0.717) is 25.2 Å². The van der Waals surface area contributed by atoms with Gasteiger partial charge in [0.15, 0.2) is 0 Å². The molecule has 0 spiro atoms. The molecule has 0 saturated carbocycles. The lowest BCUT2D eigenvalue weighted by Gasteiger charge is -2.38. The number of hydrogen-bond acceptors (Lipinski definition) is 5. The van der Waals surface area contributed by atoms with E-state index in [2.05, 4.69) is 51.7 Å². The molecule has 1 saturated heterocycles. The number of carbonyl (C=O) groups excluding carboxylic acids is 1. The summed E-state index contributed by atoms with van der Waals surface area (Å²) in [6, 6.07) is 16.3. The van der Waals surface area contributed by atoms with Crippen molar-refractivity contribution in [2.75, 3.05) is 13.1 Å². The van der Waals surface area contributed by atoms with Crippen molar-refractivity contribution < 1.29 is 4.79 Å². The fourth-order valence-corrected chi connectivity index (χ4v) is 3.56. The van der Waals surface area contributed by atoms with Gasteiger partial charge in [0.25, 0.3) is 5.91 Å². The van der Waals surface area contributed by atoms with Crippen molar-refractivity contribution in [3.8, 4) is 11.1 Å². The Morgan fingerprint density at radius 2 is 1.60 bits per heavy atom. The van der Waals surface area contributed by atoms with Crippen LogP contribution < -0.4 is 0 Å². The number of likely N-dealkylation sites (tertiary alicyclic amines) is 1. The topological polar surface area (TPSA) is 81.7 Å². The number of aromatic nitrogens is 6. The number of rotatable bonds is 5. The second kappa shape index (κ2) is 7.55. The van der Waals surface area contributed by atoms with Gasteiger partial charge in [-0.1, -0.05) is 47.2 Å². The first-order chi connectivity index (χ1) is 14.7. The van der Waals surface area contributed by atoms with E-state index >= 15 is 0 Å². The minimum atomic E-state index is 0.0442. The quantitative estimate of drug-likeness (QED) is 0.515. The summed E-state index contributed by atoms with van der Waals surface area (Å²) in [7, 11) is 0. The van der Waals surface area contributed by atoms with Crippen molar-refractivity contribution in [2.45, 2.75) is 19.5 Å². The highest BCUT2D eigenvalue weighted by Crippen LogP contribution is 2.25. The number of nitrogens with zero attached hydrogens (tertiary/aromatic N) is 7. The van der Waals surface area contributed by atoms with Crippen LogP contribution in [0.4, 0.5) is 0 Å². The van der Waals surface area contributed by atoms with Gasteiger partial charge in [0.1, 0.15) is 12.2 Å². The molecule has 150 valence electrons. The normalized spacial score (nSPS) is 14.0. The molecule has 0 unspecified atom stereocenters. The Kier molecular flexibility index (Phi) is 4.59. The Labute approximate surface area is 173 Å².